The smallest absolute Gasteiger partial charge is 0.222 e. The maximum atomic E-state index is 5.17. The van der Waals surface area contributed by atoms with Crippen LogP contribution in [0.5, 0.6) is 0 Å². The third-order valence-corrected chi connectivity index (χ3v) is 11.3. The maximum absolute atomic E-state index is 5.17. The highest BCUT2D eigenvalue weighted by molar-refractivity contribution is 6.06. The Hall–Kier alpha value is -3.26. The van der Waals surface area contributed by atoms with Gasteiger partial charge in [-0.15, -0.1) is 0 Å². The van der Waals surface area contributed by atoms with Gasteiger partial charge in [0.1, 0.15) is 0 Å². The molecule has 2 aliphatic carbocycles. The summed E-state index contributed by atoms with van der Waals surface area (Å²) < 4.78 is 2.70. The number of allylic oxidation sites excluding steroid dienone is 4. The number of fused-ring (bicyclic) bond motifs is 4. The van der Waals surface area contributed by atoms with E-state index in [1.54, 1.807) is 5.57 Å². The van der Waals surface area contributed by atoms with Gasteiger partial charge in [0.15, 0.2) is 6.20 Å². The summed E-state index contributed by atoms with van der Waals surface area (Å²) in [5.41, 5.74) is 12.6. The van der Waals surface area contributed by atoms with Gasteiger partial charge in [0.2, 0.25) is 11.2 Å². The van der Waals surface area contributed by atoms with Crippen LogP contribution < -0.4 is 4.57 Å². The first kappa shape index (κ1) is 27.6. The van der Waals surface area contributed by atoms with E-state index in [9.17, 15) is 0 Å². The van der Waals surface area contributed by atoms with Gasteiger partial charge in [-0.1, -0.05) is 85.2 Å². The van der Waals surface area contributed by atoms with E-state index in [0.717, 1.165) is 6.42 Å². The average Bonchev–Trinajstić information content (AvgIpc) is 3.26. The van der Waals surface area contributed by atoms with Crippen LogP contribution in [0.2, 0.25) is 0 Å². The number of hydrogen-bond acceptors (Lipinski definition) is 1. The van der Waals surface area contributed by atoms with Gasteiger partial charge in [0.25, 0.3) is 0 Å². The predicted molar refractivity (Wildman–Crippen MR) is 177 cm³/mol. The van der Waals surface area contributed by atoms with Crippen LogP contribution in [0.25, 0.3) is 32.9 Å². The predicted octanol–water partition coefficient (Wildman–Crippen LogP) is 10.3. The van der Waals surface area contributed by atoms with Crippen molar-refractivity contribution in [3.05, 3.63) is 94.3 Å². The zero-order valence-corrected chi connectivity index (χ0v) is 26.9. The number of pyridine rings is 2. The molecule has 7 rings (SSSR count). The van der Waals surface area contributed by atoms with Crippen molar-refractivity contribution >= 4 is 21.7 Å². The Morgan fingerprint density at radius 1 is 0.881 bits per heavy atom. The van der Waals surface area contributed by atoms with Gasteiger partial charge in [-0.2, -0.15) is 4.57 Å². The molecule has 1 spiro atoms. The molecule has 0 saturated carbocycles. The lowest BCUT2D eigenvalue weighted by Gasteiger charge is -2.34. The second kappa shape index (κ2) is 9.63. The van der Waals surface area contributed by atoms with E-state index in [-0.39, 0.29) is 11.0 Å². The molecule has 4 aromatic rings. The van der Waals surface area contributed by atoms with Gasteiger partial charge in [-0.3, -0.25) is 4.98 Å². The second-order valence-corrected chi connectivity index (χ2v) is 14.1. The van der Waals surface area contributed by atoms with Crippen LogP contribution in [0.1, 0.15) is 116 Å². The van der Waals surface area contributed by atoms with E-state index in [1.807, 2.05) is 6.20 Å². The normalized spacial score (nSPS) is 20.0. The maximum Gasteiger partial charge on any atom is 0.222 e. The summed E-state index contributed by atoms with van der Waals surface area (Å²) >= 11 is 0. The SMILES string of the molecule is CCC(CC)C1=CC2(CC(C(CC)CC)=C1)c1c3c(cc4cccnc14)C(C)(C)c1cc(C(C)C)cc4cc[n+]2c-3c14. The Labute approximate surface area is 252 Å². The molecule has 0 fully saturated rings. The van der Waals surface area contributed by atoms with E-state index >= 15 is 0 Å². The van der Waals surface area contributed by atoms with E-state index in [4.69, 9.17) is 4.98 Å². The van der Waals surface area contributed by atoms with Crippen molar-refractivity contribution < 1.29 is 4.57 Å². The van der Waals surface area contributed by atoms with Gasteiger partial charge >= 0.3 is 0 Å². The molecule has 0 amide bonds. The van der Waals surface area contributed by atoms with Crippen molar-refractivity contribution in [3.63, 3.8) is 0 Å². The lowest BCUT2D eigenvalue weighted by molar-refractivity contribution is -0.725. The van der Waals surface area contributed by atoms with Crippen LogP contribution >= 0.6 is 0 Å². The summed E-state index contributed by atoms with van der Waals surface area (Å²) in [6.45, 7) is 19.0. The van der Waals surface area contributed by atoms with Gasteiger partial charge < -0.3 is 0 Å². The summed E-state index contributed by atoms with van der Waals surface area (Å²) in [4.78, 5) is 5.17. The Balaban J connectivity index is 1.67. The first-order chi connectivity index (χ1) is 20.2. The lowest BCUT2D eigenvalue weighted by Crippen LogP contribution is -2.55. The number of rotatable bonds is 7. The van der Waals surface area contributed by atoms with Crippen LogP contribution in [0.3, 0.4) is 0 Å². The first-order valence-corrected chi connectivity index (χ1v) is 16.6. The van der Waals surface area contributed by atoms with Crippen molar-refractivity contribution in [1.82, 2.24) is 4.98 Å². The van der Waals surface area contributed by atoms with Crippen molar-refractivity contribution in [2.45, 2.75) is 104 Å². The minimum atomic E-state index is -0.277. The average molecular weight is 556 g/mol. The highest BCUT2D eigenvalue weighted by Gasteiger charge is 2.57. The molecule has 3 heterocycles. The van der Waals surface area contributed by atoms with E-state index in [2.05, 4.69) is 115 Å². The number of benzene rings is 2. The summed E-state index contributed by atoms with van der Waals surface area (Å²) in [6, 6.07) is 14.3. The fourth-order valence-electron chi connectivity index (χ4n) is 8.82. The zero-order valence-electron chi connectivity index (χ0n) is 26.9. The number of nitrogens with zero attached hydrogens (tertiary/aromatic N) is 2. The summed E-state index contributed by atoms with van der Waals surface area (Å²) in [6.07, 6.45) is 15.5. The molecule has 2 heteroatoms. The van der Waals surface area contributed by atoms with Gasteiger partial charge in [0.05, 0.1) is 22.0 Å². The van der Waals surface area contributed by atoms with Crippen molar-refractivity contribution in [3.8, 4) is 11.3 Å². The molecular formula is C40H47N2+. The highest BCUT2D eigenvalue weighted by Crippen LogP contribution is 2.58. The van der Waals surface area contributed by atoms with E-state index < -0.39 is 0 Å². The molecule has 0 bridgehead atoms. The van der Waals surface area contributed by atoms with Crippen LogP contribution in [-0.4, -0.2) is 4.98 Å². The first-order valence-electron chi connectivity index (χ1n) is 16.6. The molecule has 0 saturated heterocycles. The van der Waals surface area contributed by atoms with Gasteiger partial charge in [-0.05, 0) is 89.3 Å². The molecule has 2 aromatic heterocycles. The largest absolute Gasteiger partial charge is 0.256 e. The van der Waals surface area contributed by atoms with Crippen LogP contribution in [0.15, 0.2) is 72.1 Å². The lowest BCUT2D eigenvalue weighted by atomic mass is 9.66. The molecule has 1 aliphatic heterocycles. The van der Waals surface area contributed by atoms with Crippen molar-refractivity contribution in [2.75, 3.05) is 0 Å². The number of hydrogen-bond donors (Lipinski definition) is 0. The minimum absolute atomic E-state index is 0.112. The minimum Gasteiger partial charge on any atom is -0.256 e. The fraction of sp³-hybridized carbons (Fsp3) is 0.450. The Kier molecular flexibility index (Phi) is 6.32. The fourth-order valence-corrected chi connectivity index (χ4v) is 8.82. The van der Waals surface area contributed by atoms with Gasteiger partial charge in [0, 0.05) is 29.5 Å². The molecule has 0 radical (unpaired) electrons. The third kappa shape index (κ3) is 3.56. The summed E-state index contributed by atoms with van der Waals surface area (Å²) in [5, 5.41) is 4.09. The second-order valence-electron chi connectivity index (χ2n) is 14.1. The number of aromatic nitrogens is 2. The molecule has 0 N–H and O–H groups in total. The van der Waals surface area contributed by atoms with Crippen LogP contribution in [0.4, 0.5) is 0 Å². The molecular weight excluding hydrogens is 508 g/mol. The Bertz CT molecular complexity index is 1810. The molecule has 1 atom stereocenters. The zero-order chi connectivity index (χ0) is 29.6. The quantitative estimate of drug-likeness (QED) is 0.207. The standard InChI is InChI=1S/C40H47N2/c1-9-25(10-2)30-19-31(26(11-3)12-4)23-40(22-30)36-35-33(20-28-14-13-16-41-37(28)36)39(7,8)32-21-29(24(5)6)18-27-15-17-42(40)38(35)34(27)32/h13-22,24-26H,9-12,23H2,1-8H3/q+1. The summed E-state index contributed by atoms with van der Waals surface area (Å²) in [7, 11) is 0. The monoisotopic (exact) mass is 555 g/mol. The Morgan fingerprint density at radius 3 is 2.31 bits per heavy atom. The van der Waals surface area contributed by atoms with Gasteiger partial charge in [-0.25, -0.2) is 0 Å². The van der Waals surface area contributed by atoms with Crippen LogP contribution in [-0.2, 0) is 11.0 Å². The molecule has 2 aromatic carbocycles. The molecule has 3 aliphatic rings. The molecule has 42 heavy (non-hydrogen) atoms. The van der Waals surface area contributed by atoms with Crippen molar-refractivity contribution in [2.24, 2.45) is 11.8 Å². The third-order valence-electron chi connectivity index (χ3n) is 11.3. The molecule has 2 nitrogen and oxygen atoms in total. The van der Waals surface area contributed by atoms with E-state index in [1.165, 1.54) is 86.4 Å². The molecule has 216 valence electrons. The summed E-state index contributed by atoms with van der Waals surface area (Å²) in [5.74, 6) is 1.65. The van der Waals surface area contributed by atoms with Crippen LogP contribution in [0, 0.1) is 11.8 Å². The topological polar surface area (TPSA) is 16.8 Å². The Morgan fingerprint density at radius 2 is 1.62 bits per heavy atom. The van der Waals surface area contributed by atoms with Crippen molar-refractivity contribution in [1.29, 1.82) is 0 Å². The molecule has 1 unspecified atom stereocenters. The van der Waals surface area contributed by atoms with E-state index in [0.29, 0.717) is 17.8 Å². The highest BCUT2D eigenvalue weighted by atomic mass is 15.1.